The minimum absolute atomic E-state index is 0. The van der Waals surface area contributed by atoms with Gasteiger partial charge < -0.3 is 11.0 Å². The van der Waals surface area contributed by atoms with Crippen LogP contribution in [-0.4, -0.2) is 32.9 Å². The number of rotatable bonds is 3. The quantitative estimate of drug-likeness (QED) is 0.633. The summed E-state index contributed by atoms with van der Waals surface area (Å²) >= 11 is 0. The molecule has 0 saturated carbocycles. The van der Waals surface area contributed by atoms with Gasteiger partial charge in [0.25, 0.3) is 0 Å². The van der Waals surface area contributed by atoms with Gasteiger partial charge in [-0.15, -0.1) is 0 Å². The standard InChI is InChI=1S/C14H14BN3.2H2O/c1-18(2)12-8-9-14(13(15)10-12)17-16-11-6-4-3-5-7-11;;/h3-10H,1-2H3;2*1H2/q+2;;/p-2. The third-order valence-electron chi connectivity index (χ3n) is 2.56. The van der Waals surface area contributed by atoms with Crippen LogP contribution in [0.5, 0.6) is 0 Å². The summed E-state index contributed by atoms with van der Waals surface area (Å²) in [5, 5.41) is 8.30. The topological polar surface area (TPSA) is 88.0 Å². The molecule has 0 heterocycles. The summed E-state index contributed by atoms with van der Waals surface area (Å²) in [7, 11) is 9.89. The maximum atomic E-state index is 5.94. The summed E-state index contributed by atoms with van der Waals surface area (Å²) in [5.74, 6) is 0. The maximum absolute atomic E-state index is 5.94. The first-order valence-electron chi connectivity index (χ1n) is 5.70. The number of benzene rings is 2. The first kappa shape index (κ1) is 17.8. The number of azo groups is 1. The Morgan fingerprint density at radius 1 is 0.900 bits per heavy atom. The van der Waals surface area contributed by atoms with Crippen molar-refractivity contribution in [1.29, 1.82) is 0 Å². The summed E-state index contributed by atoms with van der Waals surface area (Å²) in [4.78, 5) is 1.99. The molecule has 0 atom stereocenters. The number of hydrogen-bond acceptors (Lipinski definition) is 5. The summed E-state index contributed by atoms with van der Waals surface area (Å²) in [5.41, 5.74) is 3.17. The second kappa shape index (κ2) is 8.09. The first-order valence-corrected chi connectivity index (χ1v) is 5.70. The molecule has 2 rings (SSSR count). The third-order valence-corrected chi connectivity index (χ3v) is 2.56. The van der Waals surface area contributed by atoms with E-state index in [1.807, 2.05) is 67.5 Å². The van der Waals surface area contributed by atoms with E-state index in [1.165, 1.54) is 0 Å². The van der Waals surface area contributed by atoms with Crippen LogP contribution >= 0.6 is 0 Å². The van der Waals surface area contributed by atoms with Crippen LogP contribution in [0.4, 0.5) is 17.1 Å². The van der Waals surface area contributed by atoms with Crippen LogP contribution in [0.25, 0.3) is 0 Å². The van der Waals surface area contributed by atoms with Crippen LogP contribution in [0.15, 0.2) is 58.8 Å². The Morgan fingerprint density at radius 2 is 1.55 bits per heavy atom. The predicted octanol–water partition coefficient (Wildman–Crippen LogP) is 2.61. The van der Waals surface area contributed by atoms with Gasteiger partial charge >= 0.3 is 108 Å². The van der Waals surface area contributed by atoms with Crippen molar-refractivity contribution in [2.75, 3.05) is 19.0 Å². The van der Waals surface area contributed by atoms with Crippen LogP contribution in [0, 0.1) is 0 Å². The monoisotopic (exact) mass is 269 g/mol. The number of anilines is 1. The normalized spacial score (nSPS) is 9.80. The van der Waals surface area contributed by atoms with Gasteiger partial charge in [-0.05, 0) is 0 Å². The molecule has 2 aromatic rings. The van der Waals surface area contributed by atoms with Crippen molar-refractivity contribution in [3.8, 4) is 0 Å². The van der Waals surface area contributed by atoms with E-state index in [9.17, 15) is 0 Å². The SMILES string of the molecule is [B+2]c1cc(N(C)C)ccc1N=Nc1ccccc1.[OH-].[OH-]. The Labute approximate surface area is 120 Å². The van der Waals surface area contributed by atoms with Gasteiger partial charge in [-0.2, -0.15) is 0 Å². The first-order chi connectivity index (χ1) is 8.66. The van der Waals surface area contributed by atoms with E-state index >= 15 is 0 Å². The predicted molar refractivity (Wildman–Crippen MR) is 80.6 cm³/mol. The van der Waals surface area contributed by atoms with Gasteiger partial charge in [0.15, 0.2) is 0 Å². The Bertz CT molecular complexity index is 560. The Morgan fingerprint density at radius 3 is 2.10 bits per heavy atom. The second-order valence-electron chi connectivity index (χ2n) is 4.17. The van der Waals surface area contributed by atoms with Crippen molar-refractivity contribution in [1.82, 2.24) is 0 Å². The average Bonchev–Trinajstić information content (AvgIpc) is 2.38. The van der Waals surface area contributed by atoms with E-state index in [0.717, 1.165) is 11.4 Å². The molecule has 0 aliphatic heterocycles. The number of hydrogen-bond donors (Lipinski definition) is 0. The van der Waals surface area contributed by atoms with Crippen LogP contribution in [0.3, 0.4) is 0 Å². The van der Waals surface area contributed by atoms with E-state index in [4.69, 9.17) is 7.85 Å². The molecule has 0 aromatic heterocycles. The number of nitrogens with zero attached hydrogens (tertiary/aromatic N) is 3. The van der Waals surface area contributed by atoms with E-state index in [2.05, 4.69) is 10.2 Å². The molecule has 0 fully saturated rings. The molecule has 102 valence electrons. The summed E-state index contributed by atoms with van der Waals surface area (Å²) in [6.07, 6.45) is 0. The van der Waals surface area contributed by atoms with Crippen LogP contribution in [0.1, 0.15) is 0 Å². The van der Waals surface area contributed by atoms with Gasteiger partial charge in [0.05, 0.1) is 0 Å². The smallest absolute Gasteiger partial charge is 0.870 e. The van der Waals surface area contributed by atoms with E-state index in [-0.39, 0.29) is 11.0 Å². The van der Waals surface area contributed by atoms with E-state index in [1.54, 1.807) is 0 Å². The van der Waals surface area contributed by atoms with Gasteiger partial charge in [-0.3, -0.25) is 0 Å². The van der Waals surface area contributed by atoms with Gasteiger partial charge in [0.2, 0.25) is 0 Å². The molecule has 2 aromatic carbocycles. The average molecular weight is 269 g/mol. The molecule has 0 unspecified atom stereocenters. The fourth-order valence-corrected chi connectivity index (χ4v) is 1.52. The molecule has 0 saturated heterocycles. The Balaban J connectivity index is 0.00000180. The third kappa shape index (κ3) is 4.49. The molecule has 0 bridgehead atoms. The van der Waals surface area contributed by atoms with Gasteiger partial charge in [-0.1, -0.05) is 0 Å². The zero-order valence-electron chi connectivity index (χ0n) is 11.4. The van der Waals surface area contributed by atoms with E-state index in [0.29, 0.717) is 11.2 Å². The molecular formula is C14H16BN3O2. The molecule has 20 heavy (non-hydrogen) atoms. The fraction of sp³-hybridized carbons (Fsp3) is 0.143. The largest absolute Gasteiger partial charge is 0.870 e. The van der Waals surface area contributed by atoms with Crippen LogP contribution in [-0.2, 0) is 0 Å². The summed E-state index contributed by atoms with van der Waals surface area (Å²) in [6.45, 7) is 0. The van der Waals surface area contributed by atoms with Crippen molar-refractivity contribution in [2.24, 2.45) is 10.2 Å². The zero-order chi connectivity index (χ0) is 13.0. The molecule has 0 radical (unpaired) electrons. The van der Waals surface area contributed by atoms with Crippen molar-refractivity contribution in [3.05, 3.63) is 48.5 Å². The van der Waals surface area contributed by atoms with E-state index < -0.39 is 0 Å². The Kier molecular flexibility index (Phi) is 7.21. The minimum Gasteiger partial charge on any atom is -0.870 e. The minimum atomic E-state index is 0. The molecular weight excluding hydrogens is 253 g/mol. The van der Waals surface area contributed by atoms with Crippen molar-refractivity contribution in [2.45, 2.75) is 0 Å². The summed E-state index contributed by atoms with van der Waals surface area (Å²) in [6, 6.07) is 15.3. The van der Waals surface area contributed by atoms with Crippen molar-refractivity contribution < 1.29 is 11.0 Å². The van der Waals surface area contributed by atoms with Gasteiger partial charge in [0.1, 0.15) is 0 Å². The molecule has 2 N–H and O–H groups in total. The molecule has 0 aliphatic carbocycles. The van der Waals surface area contributed by atoms with Gasteiger partial charge in [0, 0.05) is 0 Å². The maximum Gasteiger partial charge on any atom is -0.870 e. The molecule has 0 spiro atoms. The van der Waals surface area contributed by atoms with Crippen molar-refractivity contribution in [3.63, 3.8) is 0 Å². The molecule has 0 amide bonds. The zero-order valence-corrected chi connectivity index (χ0v) is 11.4. The molecule has 5 nitrogen and oxygen atoms in total. The molecule has 6 heteroatoms. The Hall–Kier alpha value is -2.18. The fourth-order valence-electron chi connectivity index (χ4n) is 1.52. The van der Waals surface area contributed by atoms with Gasteiger partial charge in [-0.25, -0.2) is 0 Å². The van der Waals surface area contributed by atoms with Crippen LogP contribution < -0.4 is 10.4 Å². The second-order valence-corrected chi connectivity index (χ2v) is 4.17. The van der Waals surface area contributed by atoms with Crippen molar-refractivity contribution >= 4 is 30.4 Å². The summed E-state index contributed by atoms with van der Waals surface area (Å²) < 4.78 is 0. The van der Waals surface area contributed by atoms with Crippen LogP contribution in [0.2, 0.25) is 0 Å². The molecule has 0 aliphatic rings.